The zero-order valence-electron chi connectivity index (χ0n) is 13.2. The van der Waals surface area contributed by atoms with Gasteiger partial charge in [0.1, 0.15) is 17.9 Å². The number of esters is 2. The van der Waals surface area contributed by atoms with Gasteiger partial charge in [-0.1, -0.05) is 0 Å². The third-order valence-corrected chi connectivity index (χ3v) is 3.23. The minimum absolute atomic E-state index is 0.00263. The van der Waals surface area contributed by atoms with Crippen molar-refractivity contribution in [3.8, 4) is 5.75 Å². The van der Waals surface area contributed by atoms with E-state index in [0.29, 0.717) is 16.5 Å². The zero-order chi connectivity index (χ0) is 17.7. The summed E-state index contributed by atoms with van der Waals surface area (Å²) in [5, 5.41) is 10.2. The third-order valence-electron chi connectivity index (χ3n) is 3.23. The smallest absolute Gasteiger partial charge is 0.336 e. The molecule has 24 heavy (non-hydrogen) atoms. The molecule has 7 nitrogen and oxygen atoms in total. The number of phenolic OH excluding ortho intramolecular Hbond substituents is 1. The van der Waals surface area contributed by atoms with Crippen LogP contribution in [-0.4, -0.2) is 23.7 Å². The number of phenols is 1. The molecule has 0 fully saturated rings. The Morgan fingerprint density at radius 3 is 2.54 bits per heavy atom. The quantitative estimate of drug-likeness (QED) is 0.507. The van der Waals surface area contributed by atoms with Crippen molar-refractivity contribution in [2.24, 2.45) is 0 Å². The van der Waals surface area contributed by atoms with Crippen LogP contribution in [0, 0.1) is 6.92 Å². The Hall–Kier alpha value is -3.09. The predicted octanol–water partition coefficient (Wildman–Crippen LogP) is 1.97. The van der Waals surface area contributed by atoms with E-state index in [-0.39, 0.29) is 24.5 Å². The molecule has 2 rings (SSSR count). The maximum Gasteiger partial charge on any atom is 0.336 e. The third kappa shape index (κ3) is 4.01. The molecule has 0 bridgehead atoms. The highest BCUT2D eigenvalue weighted by atomic mass is 16.5. The number of aromatic hydroxyl groups is 1. The molecule has 126 valence electrons. The monoisotopic (exact) mass is 332 g/mol. The van der Waals surface area contributed by atoms with Crippen LogP contribution in [0.15, 0.2) is 39.6 Å². The molecule has 0 saturated carbocycles. The number of hydrogen-bond acceptors (Lipinski definition) is 7. The normalized spacial score (nSPS) is 10.9. The van der Waals surface area contributed by atoms with Crippen LogP contribution in [0.3, 0.4) is 0 Å². The Morgan fingerprint density at radius 2 is 1.88 bits per heavy atom. The van der Waals surface area contributed by atoms with E-state index in [1.807, 2.05) is 0 Å². The number of aryl methyl sites for hydroxylation is 1. The SMILES string of the molecule is CCOC(=O)C=CC(=O)OCc1cc(=O)oc2c(C)c(O)ccc12. The van der Waals surface area contributed by atoms with Crippen LogP contribution in [0.1, 0.15) is 18.1 Å². The van der Waals surface area contributed by atoms with Crippen molar-refractivity contribution in [1.82, 2.24) is 0 Å². The van der Waals surface area contributed by atoms with Crippen LogP contribution in [0.2, 0.25) is 0 Å². The van der Waals surface area contributed by atoms with E-state index in [9.17, 15) is 19.5 Å². The number of carbonyl (C=O) groups is 2. The van der Waals surface area contributed by atoms with E-state index in [0.717, 1.165) is 12.2 Å². The average Bonchev–Trinajstić information content (AvgIpc) is 2.54. The summed E-state index contributed by atoms with van der Waals surface area (Å²) in [5.41, 5.74) is 0.460. The fraction of sp³-hybridized carbons (Fsp3) is 0.235. The molecule has 0 spiro atoms. The van der Waals surface area contributed by atoms with Crippen molar-refractivity contribution in [3.63, 3.8) is 0 Å². The first-order chi connectivity index (χ1) is 11.4. The lowest BCUT2D eigenvalue weighted by Gasteiger charge is -2.08. The highest BCUT2D eigenvalue weighted by molar-refractivity contribution is 5.92. The van der Waals surface area contributed by atoms with Crippen LogP contribution in [-0.2, 0) is 25.7 Å². The molecule has 7 heteroatoms. The first kappa shape index (κ1) is 17.3. The molecule has 0 amide bonds. The summed E-state index contributed by atoms with van der Waals surface area (Å²) < 4.78 is 14.8. The topological polar surface area (TPSA) is 103 Å². The predicted molar refractivity (Wildman–Crippen MR) is 84.5 cm³/mol. The summed E-state index contributed by atoms with van der Waals surface area (Å²) in [7, 11) is 0. The summed E-state index contributed by atoms with van der Waals surface area (Å²) in [6.07, 6.45) is 1.91. The Morgan fingerprint density at radius 1 is 1.21 bits per heavy atom. The highest BCUT2D eigenvalue weighted by Gasteiger charge is 2.12. The number of fused-ring (bicyclic) bond motifs is 1. The zero-order valence-corrected chi connectivity index (χ0v) is 13.2. The minimum Gasteiger partial charge on any atom is -0.508 e. The Labute approximate surface area is 137 Å². The van der Waals surface area contributed by atoms with Crippen molar-refractivity contribution < 1.29 is 28.6 Å². The van der Waals surface area contributed by atoms with Gasteiger partial charge in [-0.05, 0) is 26.0 Å². The van der Waals surface area contributed by atoms with Crippen LogP contribution < -0.4 is 5.63 Å². The minimum atomic E-state index is -0.750. The van der Waals surface area contributed by atoms with Gasteiger partial charge in [-0.2, -0.15) is 0 Å². The molecule has 0 aliphatic carbocycles. The molecular weight excluding hydrogens is 316 g/mol. The molecule has 1 heterocycles. The molecule has 0 aliphatic heterocycles. The number of benzene rings is 1. The lowest BCUT2D eigenvalue weighted by molar-refractivity contribution is -0.141. The molecular formula is C17H16O7. The molecule has 1 aromatic heterocycles. The van der Waals surface area contributed by atoms with E-state index in [2.05, 4.69) is 4.74 Å². The van der Waals surface area contributed by atoms with Gasteiger partial charge in [0.2, 0.25) is 0 Å². The van der Waals surface area contributed by atoms with Gasteiger partial charge in [-0.15, -0.1) is 0 Å². The van der Waals surface area contributed by atoms with Gasteiger partial charge >= 0.3 is 17.6 Å². The van der Waals surface area contributed by atoms with Crippen LogP contribution in [0.25, 0.3) is 11.0 Å². The van der Waals surface area contributed by atoms with Gasteiger partial charge in [0.05, 0.1) is 6.61 Å². The second-order valence-corrected chi connectivity index (χ2v) is 4.87. The van der Waals surface area contributed by atoms with Crippen molar-refractivity contribution in [2.75, 3.05) is 6.61 Å². The van der Waals surface area contributed by atoms with Crippen LogP contribution in [0.5, 0.6) is 5.75 Å². The number of carbonyl (C=O) groups excluding carboxylic acids is 2. The molecule has 0 unspecified atom stereocenters. The fourth-order valence-corrected chi connectivity index (χ4v) is 2.06. The summed E-state index contributed by atoms with van der Waals surface area (Å²) in [6.45, 7) is 3.28. The largest absolute Gasteiger partial charge is 0.508 e. The van der Waals surface area contributed by atoms with E-state index >= 15 is 0 Å². The fourth-order valence-electron chi connectivity index (χ4n) is 2.06. The van der Waals surface area contributed by atoms with Crippen molar-refractivity contribution >= 4 is 22.9 Å². The number of hydrogen-bond donors (Lipinski definition) is 1. The molecule has 1 aromatic carbocycles. The molecule has 0 aliphatic rings. The lowest BCUT2D eigenvalue weighted by atomic mass is 10.1. The second kappa shape index (κ2) is 7.45. The maximum absolute atomic E-state index is 11.6. The molecule has 0 saturated heterocycles. The molecule has 1 N–H and O–H groups in total. The van der Waals surface area contributed by atoms with Gasteiger partial charge in [-0.3, -0.25) is 0 Å². The summed E-state index contributed by atoms with van der Waals surface area (Å²) in [4.78, 5) is 34.4. The summed E-state index contributed by atoms with van der Waals surface area (Å²) in [5.74, 6) is -1.40. The van der Waals surface area contributed by atoms with Crippen molar-refractivity contribution in [3.05, 3.63) is 51.9 Å². The Kier molecular flexibility index (Phi) is 5.36. The summed E-state index contributed by atoms with van der Waals surface area (Å²) in [6, 6.07) is 4.24. The van der Waals surface area contributed by atoms with Gasteiger partial charge in [-0.25, -0.2) is 14.4 Å². The van der Waals surface area contributed by atoms with Crippen LogP contribution >= 0.6 is 0 Å². The molecule has 2 aromatic rings. The van der Waals surface area contributed by atoms with Gasteiger partial charge < -0.3 is 19.0 Å². The van der Waals surface area contributed by atoms with Crippen LogP contribution in [0.4, 0.5) is 0 Å². The highest BCUT2D eigenvalue weighted by Crippen LogP contribution is 2.27. The van der Waals surface area contributed by atoms with E-state index < -0.39 is 17.6 Å². The first-order valence-corrected chi connectivity index (χ1v) is 7.19. The first-order valence-electron chi connectivity index (χ1n) is 7.19. The van der Waals surface area contributed by atoms with Crippen molar-refractivity contribution in [2.45, 2.75) is 20.5 Å². The van der Waals surface area contributed by atoms with Crippen molar-refractivity contribution in [1.29, 1.82) is 0 Å². The van der Waals surface area contributed by atoms with E-state index in [4.69, 9.17) is 9.15 Å². The van der Waals surface area contributed by atoms with Gasteiger partial charge in [0, 0.05) is 34.7 Å². The van der Waals surface area contributed by atoms with Gasteiger partial charge in [0.25, 0.3) is 0 Å². The average molecular weight is 332 g/mol. The van der Waals surface area contributed by atoms with Gasteiger partial charge in [0.15, 0.2) is 0 Å². The number of ether oxygens (including phenoxy) is 2. The molecule has 0 radical (unpaired) electrons. The standard InChI is InChI=1S/C17H16O7/c1-3-22-14(19)6-7-15(20)23-9-11-8-16(21)24-17-10(2)13(18)5-4-12(11)17/h4-8,18H,3,9H2,1-2H3. The van der Waals surface area contributed by atoms with E-state index in [1.54, 1.807) is 19.9 Å². The Bertz CT molecular complexity index is 861. The number of rotatable bonds is 5. The van der Waals surface area contributed by atoms with E-state index in [1.165, 1.54) is 12.1 Å². The lowest BCUT2D eigenvalue weighted by Crippen LogP contribution is -2.07. The summed E-state index contributed by atoms with van der Waals surface area (Å²) >= 11 is 0. The Balaban J connectivity index is 2.19. The second-order valence-electron chi connectivity index (χ2n) is 4.87. The molecule has 0 atom stereocenters. The maximum atomic E-state index is 11.6.